The maximum absolute atomic E-state index is 5.73. The topological polar surface area (TPSA) is 9.23 Å². The molecule has 0 unspecified atom stereocenters. The van der Waals surface area contributed by atoms with Crippen LogP contribution in [0.1, 0.15) is 51.7 Å². The van der Waals surface area contributed by atoms with Crippen molar-refractivity contribution >= 4 is 0 Å². The average molecular weight is 439 g/mol. The fraction of sp³-hybridized carbons (Fsp3) is 0.250. The molecule has 1 heteroatoms. The summed E-state index contributed by atoms with van der Waals surface area (Å²) in [7, 11) is 0. The molecule has 0 amide bonds. The molecule has 4 aromatic carbocycles. The van der Waals surface area contributed by atoms with Crippen molar-refractivity contribution < 1.29 is 4.74 Å². The fourth-order valence-corrected chi connectivity index (χ4v) is 2.95. The zero-order chi connectivity index (χ0) is 23.9. The quantitative estimate of drug-likeness (QED) is 0.301. The minimum atomic E-state index is 0.568. The molecule has 0 spiro atoms. The maximum Gasteiger partial charge on any atom is 0.119 e. The monoisotopic (exact) mass is 438 g/mol. The summed E-state index contributed by atoms with van der Waals surface area (Å²) in [6.45, 7) is 11.5. The van der Waals surface area contributed by atoms with Gasteiger partial charge in [-0.25, -0.2) is 0 Å². The van der Waals surface area contributed by atoms with Gasteiger partial charge in [0, 0.05) is 0 Å². The van der Waals surface area contributed by atoms with Crippen LogP contribution in [0.5, 0.6) is 5.75 Å². The Balaban J connectivity index is 0.000000209. The predicted molar refractivity (Wildman–Crippen MR) is 144 cm³/mol. The first-order valence-electron chi connectivity index (χ1n) is 11.8. The van der Waals surface area contributed by atoms with E-state index in [1.807, 2.05) is 42.5 Å². The lowest BCUT2D eigenvalue weighted by molar-refractivity contribution is 0.306. The van der Waals surface area contributed by atoms with E-state index in [4.69, 9.17) is 4.74 Å². The molecule has 0 fully saturated rings. The molecule has 0 aliphatic carbocycles. The van der Waals surface area contributed by atoms with Crippen LogP contribution in [0.4, 0.5) is 0 Å². The summed E-state index contributed by atoms with van der Waals surface area (Å²) in [4.78, 5) is 0. The van der Waals surface area contributed by atoms with E-state index in [0.717, 1.165) is 11.7 Å². The highest BCUT2D eigenvalue weighted by Gasteiger charge is 1.99. The Labute approximate surface area is 201 Å². The van der Waals surface area contributed by atoms with Crippen LogP contribution >= 0.6 is 0 Å². The van der Waals surface area contributed by atoms with Crippen LogP contribution in [0.2, 0.25) is 0 Å². The van der Waals surface area contributed by atoms with Crippen molar-refractivity contribution in [3.63, 3.8) is 0 Å². The maximum atomic E-state index is 5.73. The van der Waals surface area contributed by atoms with Gasteiger partial charge in [0.05, 0.1) is 0 Å². The van der Waals surface area contributed by atoms with Crippen LogP contribution in [0.3, 0.4) is 0 Å². The SMILES string of the molecule is CC(C)C.CC(C)c1ccc(OCc2ccccc2)cc1.c1ccc(-c2ccccc2)cc1. The molecule has 0 atom stereocenters. The van der Waals surface area contributed by atoms with Crippen molar-refractivity contribution in [3.05, 3.63) is 126 Å². The lowest BCUT2D eigenvalue weighted by Crippen LogP contribution is -1.95. The third kappa shape index (κ3) is 10.7. The van der Waals surface area contributed by atoms with E-state index in [2.05, 4.69) is 107 Å². The Morgan fingerprint density at radius 2 is 0.909 bits per heavy atom. The second-order valence-corrected chi connectivity index (χ2v) is 8.96. The largest absolute Gasteiger partial charge is 0.489 e. The van der Waals surface area contributed by atoms with Gasteiger partial charge in [0.15, 0.2) is 0 Å². The second kappa shape index (κ2) is 14.7. The highest BCUT2D eigenvalue weighted by Crippen LogP contribution is 2.19. The van der Waals surface area contributed by atoms with Crippen LogP contribution in [-0.2, 0) is 6.61 Å². The van der Waals surface area contributed by atoms with Gasteiger partial charge < -0.3 is 4.74 Å². The van der Waals surface area contributed by atoms with Crippen molar-refractivity contribution in [3.8, 4) is 16.9 Å². The molecule has 4 rings (SSSR count). The molecule has 0 aromatic heterocycles. The number of rotatable bonds is 5. The molecular formula is C32H38O. The molecule has 0 saturated carbocycles. The summed E-state index contributed by atoms with van der Waals surface area (Å²) in [5.74, 6) is 2.33. The van der Waals surface area contributed by atoms with E-state index in [1.54, 1.807) is 0 Å². The normalized spacial score (nSPS) is 10.0. The van der Waals surface area contributed by atoms with E-state index in [0.29, 0.717) is 12.5 Å². The van der Waals surface area contributed by atoms with Crippen molar-refractivity contribution in [2.24, 2.45) is 5.92 Å². The number of benzene rings is 4. The summed E-state index contributed by atoms with van der Waals surface area (Å²) < 4.78 is 5.73. The number of ether oxygens (including phenoxy) is 1. The van der Waals surface area contributed by atoms with Gasteiger partial charge in [0.2, 0.25) is 0 Å². The molecule has 0 bridgehead atoms. The molecule has 0 aliphatic rings. The lowest BCUT2D eigenvalue weighted by Gasteiger charge is -2.08. The molecule has 0 heterocycles. The first kappa shape index (κ1) is 25.9. The summed E-state index contributed by atoms with van der Waals surface area (Å²) in [6, 6.07) is 39.3. The van der Waals surface area contributed by atoms with Gasteiger partial charge in [-0.3, -0.25) is 0 Å². The molecule has 0 radical (unpaired) electrons. The van der Waals surface area contributed by atoms with E-state index >= 15 is 0 Å². The van der Waals surface area contributed by atoms with Gasteiger partial charge in [0.25, 0.3) is 0 Å². The molecule has 0 N–H and O–H groups in total. The van der Waals surface area contributed by atoms with E-state index in [1.165, 1.54) is 22.3 Å². The highest BCUT2D eigenvalue weighted by molar-refractivity contribution is 5.62. The Morgan fingerprint density at radius 3 is 1.30 bits per heavy atom. The van der Waals surface area contributed by atoms with Crippen LogP contribution in [0, 0.1) is 5.92 Å². The minimum Gasteiger partial charge on any atom is -0.489 e. The van der Waals surface area contributed by atoms with Gasteiger partial charge in [-0.15, -0.1) is 0 Å². The molecule has 33 heavy (non-hydrogen) atoms. The van der Waals surface area contributed by atoms with Crippen LogP contribution in [-0.4, -0.2) is 0 Å². The molecule has 172 valence electrons. The van der Waals surface area contributed by atoms with Gasteiger partial charge >= 0.3 is 0 Å². The molecule has 4 aromatic rings. The first-order valence-corrected chi connectivity index (χ1v) is 11.8. The standard InChI is InChI=1S/C16H18O.C12H10.C4H10/c1-13(2)15-8-10-16(11-9-15)17-12-14-6-4-3-5-7-14;1-3-7-11(8-4-1)12-9-5-2-6-10-12;1-4(2)3/h3-11,13H,12H2,1-2H3;1-10H;4H,1-3H3. The van der Waals surface area contributed by atoms with Gasteiger partial charge in [-0.1, -0.05) is 138 Å². The zero-order valence-electron chi connectivity index (χ0n) is 20.7. The Kier molecular flexibility index (Phi) is 11.5. The first-order chi connectivity index (χ1) is 16.0. The Bertz CT molecular complexity index is 948. The van der Waals surface area contributed by atoms with Gasteiger partial charge in [-0.05, 0) is 46.2 Å². The zero-order valence-corrected chi connectivity index (χ0v) is 20.7. The smallest absolute Gasteiger partial charge is 0.119 e. The second-order valence-electron chi connectivity index (χ2n) is 8.96. The summed E-state index contributed by atoms with van der Waals surface area (Å²) in [5, 5.41) is 0. The Hall–Kier alpha value is -3.32. The minimum absolute atomic E-state index is 0.568. The highest BCUT2D eigenvalue weighted by atomic mass is 16.5. The Morgan fingerprint density at radius 1 is 0.515 bits per heavy atom. The fourth-order valence-electron chi connectivity index (χ4n) is 2.95. The van der Waals surface area contributed by atoms with Crippen LogP contribution in [0.25, 0.3) is 11.1 Å². The van der Waals surface area contributed by atoms with E-state index in [-0.39, 0.29) is 0 Å². The van der Waals surface area contributed by atoms with E-state index in [9.17, 15) is 0 Å². The number of hydrogen-bond donors (Lipinski definition) is 0. The van der Waals surface area contributed by atoms with Crippen molar-refractivity contribution in [1.82, 2.24) is 0 Å². The van der Waals surface area contributed by atoms with Gasteiger partial charge in [0.1, 0.15) is 12.4 Å². The number of hydrogen-bond acceptors (Lipinski definition) is 1. The summed E-state index contributed by atoms with van der Waals surface area (Å²) in [6.07, 6.45) is 0. The summed E-state index contributed by atoms with van der Waals surface area (Å²) >= 11 is 0. The molecule has 0 aliphatic heterocycles. The summed E-state index contributed by atoms with van der Waals surface area (Å²) in [5.41, 5.74) is 5.09. The van der Waals surface area contributed by atoms with E-state index < -0.39 is 0 Å². The predicted octanol–water partition coefficient (Wildman–Crippen LogP) is 9.40. The van der Waals surface area contributed by atoms with Crippen LogP contribution < -0.4 is 4.74 Å². The van der Waals surface area contributed by atoms with Crippen LogP contribution in [0.15, 0.2) is 115 Å². The molecule has 1 nitrogen and oxygen atoms in total. The lowest BCUT2D eigenvalue weighted by atomic mass is 10.0. The average Bonchev–Trinajstić information content (AvgIpc) is 2.85. The van der Waals surface area contributed by atoms with Crippen molar-refractivity contribution in [1.29, 1.82) is 0 Å². The molecule has 0 saturated heterocycles. The van der Waals surface area contributed by atoms with Crippen molar-refractivity contribution in [2.75, 3.05) is 0 Å². The third-order valence-electron chi connectivity index (χ3n) is 4.68. The molecular weight excluding hydrogens is 400 g/mol. The van der Waals surface area contributed by atoms with Gasteiger partial charge in [-0.2, -0.15) is 0 Å². The van der Waals surface area contributed by atoms with Crippen molar-refractivity contribution in [2.45, 2.75) is 47.1 Å². The third-order valence-corrected chi connectivity index (χ3v) is 4.68.